The van der Waals surface area contributed by atoms with Gasteiger partial charge in [0.15, 0.2) is 0 Å². The van der Waals surface area contributed by atoms with Crippen LogP contribution in [0, 0.1) is 6.92 Å². The highest BCUT2D eigenvalue weighted by Gasteiger charge is 2.05. The number of aryl methyl sites for hydroxylation is 1. The minimum Gasteiger partial charge on any atom is -0.489 e. The van der Waals surface area contributed by atoms with Gasteiger partial charge in [0, 0.05) is 0 Å². The van der Waals surface area contributed by atoms with Crippen LogP contribution in [-0.2, 0) is 16.2 Å². The monoisotopic (exact) mass is 296 g/mol. The van der Waals surface area contributed by atoms with Gasteiger partial charge in [-0.1, -0.05) is 48.0 Å². The number of carbonyl (C=O) groups is 2. The molecule has 4 nitrogen and oxygen atoms in total. The van der Waals surface area contributed by atoms with Gasteiger partial charge in [-0.05, 0) is 36.3 Å². The van der Waals surface area contributed by atoms with Crippen molar-refractivity contribution in [2.75, 3.05) is 0 Å². The molecule has 2 rings (SSSR count). The van der Waals surface area contributed by atoms with Gasteiger partial charge < -0.3 is 9.84 Å². The second-order valence-corrected chi connectivity index (χ2v) is 4.85. The fourth-order valence-corrected chi connectivity index (χ4v) is 1.80. The van der Waals surface area contributed by atoms with E-state index in [1.807, 2.05) is 37.3 Å². The van der Waals surface area contributed by atoms with Gasteiger partial charge in [-0.2, -0.15) is 0 Å². The molecule has 112 valence electrons. The summed E-state index contributed by atoms with van der Waals surface area (Å²) >= 11 is 0. The van der Waals surface area contributed by atoms with E-state index in [-0.39, 0.29) is 0 Å². The van der Waals surface area contributed by atoms with Crippen LogP contribution in [0.3, 0.4) is 0 Å². The Kier molecular flexibility index (Phi) is 5.09. The van der Waals surface area contributed by atoms with Crippen LogP contribution in [0.25, 0.3) is 6.08 Å². The maximum absolute atomic E-state index is 11.0. The summed E-state index contributed by atoms with van der Waals surface area (Å²) in [6.45, 7) is 2.47. The van der Waals surface area contributed by atoms with Crippen molar-refractivity contribution in [1.29, 1.82) is 0 Å². The number of ketones is 1. The van der Waals surface area contributed by atoms with E-state index in [0.717, 1.165) is 11.6 Å². The largest absolute Gasteiger partial charge is 0.489 e. The topological polar surface area (TPSA) is 63.6 Å². The fraction of sp³-hybridized carbons (Fsp3) is 0.111. The van der Waals surface area contributed by atoms with Crippen LogP contribution in [0.1, 0.15) is 16.7 Å². The van der Waals surface area contributed by atoms with E-state index < -0.39 is 11.8 Å². The van der Waals surface area contributed by atoms with Crippen LogP contribution in [0.15, 0.2) is 54.6 Å². The van der Waals surface area contributed by atoms with Crippen molar-refractivity contribution in [1.82, 2.24) is 0 Å². The maximum Gasteiger partial charge on any atom is 0.376 e. The van der Waals surface area contributed by atoms with E-state index in [2.05, 4.69) is 0 Å². The third-order valence-electron chi connectivity index (χ3n) is 3.02. The zero-order chi connectivity index (χ0) is 15.9. The number of carboxylic acid groups (broad SMARTS) is 1. The fourth-order valence-electron chi connectivity index (χ4n) is 1.80. The predicted octanol–water partition coefficient (Wildman–Crippen LogP) is 3.24. The molecule has 0 saturated heterocycles. The average Bonchev–Trinajstić information content (AvgIpc) is 2.52. The molecule has 0 aliphatic heterocycles. The third kappa shape index (κ3) is 4.59. The highest BCUT2D eigenvalue weighted by molar-refractivity contribution is 6.38. The lowest BCUT2D eigenvalue weighted by molar-refractivity contribution is -0.146. The summed E-state index contributed by atoms with van der Waals surface area (Å²) in [6.07, 6.45) is 2.48. The molecule has 0 atom stereocenters. The number of hydrogen-bond donors (Lipinski definition) is 1. The van der Waals surface area contributed by atoms with E-state index in [1.165, 1.54) is 11.6 Å². The van der Waals surface area contributed by atoms with E-state index >= 15 is 0 Å². The first-order chi connectivity index (χ1) is 10.5. The standard InChI is InChI=1S/C18H16O4/c1-13-5-7-15(8-6-13)12-22-16-4-2-3-14(11-16)9-10-17(19)18(20)21/h2-11H,12H2,1H3,(H,20,21)/b10-9+. The Hall–Kier alpha value is -2.88. The molecule has 0 spiro atoms. The van der Waals surface area contributed by atoms with Crippen molar-refractivity contribution in [3.63, 3.8) is 0 Å². The van der Waals surface area contributed by atoms with E-state index in [1.54, 1.807) is 18.2 Å². The molecule has 0 aliphatic carbocycles. The summed E-state index contributed by atoms with van der Waals surface area (Å²) in [5.41, 5.74) is 2.96. The summed E-state index contributed by atoms with van der Waals surface area (Å²) in [7, 11) is 0. The molecule has 0 radical (unpaired) electrons. The molecule has 4 heteroatoms. The third-order valence-corrected chi connectivity index (χ3v) is 3.02. The van der Waals surface area contributed by atoms with E-state index in [9.17, 15) is 9.59 Å². The van der Waals surface area contributed by atoms with Crippen molar-refractivity contribution < 1.29 is 19.4 Å². The first-order valence-electron chi connectivity index (χ1n) is 6.78. The summed E-state index contributed by atoms with van der Waals surface area (Å²) < 4.78 is 5.69. The first-order valence-corrected chi connectivity index (χ1v) is 6.78. The van der Waals surface area contributed by atoms with Crippen LogP contribution in [0.2, 0.25) is 0 Å². The molecule has 0 unspecified atom stereocenters. The molecular formula is C18H16O4. The molecule has 0 fully saturated rings. The summed E-state index contributed by atoms with van der Waals surface area (Å²) in [5, 5.41) is 8.52. The zero-order valence-electron chi connectivity index (χ0n) is 12.2. The number of benzene rings is 2. The van der Waals surface area contributed by atoms with Crippen LogP contribution in [0.4, 0.5) is 0 Å². The van der Waals surface area contributed by atoms with Gasteiger partial charge in [0.2, 0.25) is 0 Å². The minimum atomic E-state index is -1.47. The number of ether oxygens (including phenoxy) is 1. The lowest BCUT2D eigenvalue weighted by Crippen LogP contribution is -2.08. The van der Waals surface area contributed by atoms with Crippen LogP contribution >= 0.6 is 0 Å². The minimum absolute atomic E-state index is 0.446. The van der Waals surface area contributed by atoms with Crippen molar-refractivity contribution in [2.45, 2.75) is 13.5 Å². The molecule has 0 amide bonds. The van der Waals surface area contributed by atoms with Gasteiger partial charge in [0.1, 0.15) is 12.4 Å². The quantitative estimate of drug-likeness (QED) is 0.656. The lowest BCUT2D eigenvalue weighted by atomic mass is 10.1. The smallest absolute Gasteiger partial charge is 0.376 e. The molecule has 0 heterocycles. The Bertz CT molecular complexity index is 699. The number of hydrogen-bond acceptors (Lipinski definition) is 3. The van der Waals surface area contributed by atoms with Gasteiger partial charge in [-0.3, -0.25) is 4.79 Å². The first kappa shape index (κ1) is 15.5. The van der Waals surface area contributed by atoms with Crippen molar-refractivity contribution in [3.8, 4) is 5.75 Å². The molecule has 1 N–H and O–H groups in total. The molecule has 22 heavy (non-hydrogen) atoms. The molecule has 2 aromatic carbocycles. The number of rotatable bonds is 6. The molecule has 0 bridgehead atoms. The van der Waals surface area contributed by atoms with Crippen LogP contribution in [0.5, 0.6) is 5.75 Å². The Labute approximate surface area is 128 Å². The van der Waals surface area contributed by atoms with Crippen molar-refractivity contribution in [2.24, 2.45) is 0 Å². The molecule has 0 aromatic heterocycles. The summed E-state index contributed by atoms with van der Waals surface area (Å²) in [4.78, 5) is 21.5. The predicted molar refractivity (Wildman–Crippen MR) is 83.6 cm³/mol. The second-order valence-electron chi connectivity index (χ2n) is 4.85. The van der Waals surface area contributed by atoms with Crippen LogP contribution in [-0.4, -0.2) is 16.9 Å². The van der Waals surface area contributed by atoms with Gasteiger partial charge >= 0.3 is 5.97 Å². The molecular weight excluding hydrogens is 280 g/mol. The number of carboxylic acids is 1. The van der Waals surface area contributed by atoms with Gasteiger partial charge in [0.25, 0.3) is 5.78 Å². The van der Waals surface area contributed by atoms with Gasteiger partial charge in [-0.15, -0.1) is 0 Å². The molecule has 2 aromatic rings. The van der Waals surface area contributed by atoms with E-state index in [4.69, 9.17) is 9.84 Å². The lowest BCUT2D eigenvalue weighted by Gasteiger charge is -2.07. The van der Waals surface area contributed by atoms with E-state index in [0.29, 0.717) is 17.9 Å². The maximum atomic E-state index is 11.0. The Morgan fingerprint density at radius 3 is 2.55 bits per heavy atom. The highest BCUT2D eigenvalue weighted by atomic mass is 16.5. The highest BCUT2D eigenvalue weighted by Crippen LogP contribution is 2.16. The Morgan fingerprint density at radius 2 is 1.86 bits per heavy atom. The molecule has 0 saturated carbocycles. The average molecular weight is 296 g/mol. The van der Waals surface area contributed by atoms with Crippen molar-refractivity contribution >= 4 is 17.8 Å². The van der Waals surface area contributed by atoms with Crippen LogP contribution < -0.4 is 4.74 Å². The number of carbonyl (C=O) groups excluding carboxylic acids is 1. The molecule has 0 aliphatic rings. The number of aliphatic carboxylic acids is 1. The summed E-state index contributed by atoms with van der Waals surface area (Å²) in [5.74, 6) is -1.76. The summed E-state index contributed by atoms with van der Waals surface area (Å²) in [6, 6.07) is 15.2. The van der Waals surface area contributed by atoms with Gasteiger partial charge in [-0.25, -0.2) is 4.79 Å². The zero-order valence-corrected chi connectivity index (χ0v) is 12.2. The Morgan fingerprint density at radius 1 is 1.14 bits per heavy atom. The Balaban J connectivity index is 2.00. The van der Waals surface area contributed by atoms with Crippen molar-refractivity contribution in [3.05, 3.63) is 71.3 Å². The van der Waals surface area contributed by atoms with Gasteiger partial charge in [0.05, 0.1) is 0 Å². The second kappa shape index (κ2) is 7.22. The normalized spacial score (nSPS) is 10.6. The SMILES string of the molecule is Cc1ccc(COc2cccc(/C=C/C(=O)C(=O)O)c2)cc1.